The number of allylic oxidation sites excluding steroid dienone is 2. The number of halogens is 1. The van der Waals surface area contributed by atoms with Crippen LogP contribution in [0.2, 0.25) is 0 Å². The lowest BCUT2D eigenvalue weighted by atomic mass is 10.1. The number of aromatic nitrogens is 1. The van der Waals surface area contributed by atoms with Gasteiger partial charge in [-0.3, -0.25) is 4.79 Å². The second-order valence-electron chi connectivity index (χ2n) is 3.82. The molecule has 1 N–H and O–H groups in total. The van der Waals surface area contributed by atoms with E-state index < -0.39 is 0 Å². The number of aldehydes is 1. The van der Waals surface area contributed by atoms with E-state index in [1.807, 2.05) is 37.3 Å². The van der Waals surface area contributed by atoms with E-state index >= 15 is 0 Å². The molecular weight excluding hydrogens is 234 g/mol. The van der Waals surface area contributed by atoms with Gasteiger partial charge >= 0.3 is 0 Å². The Hall–Kier alpha value is -1.80. The van der Waals surface area contributed by atoms with Gasteiger partial charge < -0.3 is 4.98 Å². The number of H-pyrrole nitrogens is 1. The molecule has 0 atom stereocenters. The van der Waals surface area contributed by atoms with Crippen LogP contribution < -0.4 is 0 Å². The zero-order chi connectivity index (χ0) is 12.3. The van der Waals surface area contributed by atoms with E-state index in [4.69, 9.17) is 11.6 Å². The third kappa shape index (κ3) is 2.32. The number of carbonyl (C=O) groups is 1. The van der Waals surface area contributed by atoms with Crippen LogP contribution in [0.15, 0.2) is 41.6 Å². The summed E-state index contributed by atoms with van der Waals surface area (Å²) in [7, 11) is 0. The maximum absolute atomic E-state index is 11.0. The Balaban J connectivity index is 2.57. The van der Waals surface area contributed by atoms with Gasteiger partial charge in [0.1, 0.15) is 0 Å². The van der Waals surface area contributed by atoms with E-state index in [9.17, 15) is 4.79 Å². The maximum Gasteiger partial charge on any atom is 0.152 e. The molecule has 3 heteroatoms. The van der Waals surface area contributed by atoms with Crippen LogP contribution in [0.1, 0.15) is 22.8 Å². The highest BCUT2D eigenvalue weighted by molar-refractivity contribution is 6.25. The number of carbonyl (C=O) groups excluding carboxylic acids is 1. The van der Waals surface area contributed by atoms with Crippen molar-refractivity contribution in [1.29, 1.82) is 0 Å². The van der Waals surface area contributed by atoms with Crippen molar-refractivity contribution in [2.24, 2.45) is 0 Å². The molecule has 1 aromatic heterocycles. The van der Waals surface area contributed by atoms with Gasteiger partial charge in [-0.15, -0.1) is 0 Å². The average Bonchev–Trinajstić information content (AvgIpc) is 2.79. The Morgan fingerprint density at radius 1 is 1.35 bits per heavy atom. The summed E-state index contributed by atoms with van der Waals surface area (Å²) in [5.74, 6) is 0. The van der Waals surface area contributed by atoms with Gasteiger partial charge in [0.05, 0.1) is 0 Å². The first-order valence-electron chi connectivity index (χ1n) is 5.26. The van der Waals surface area contributed by atoms with E-state index in [1.165, 1.54) is 5.54 Å². The maximum atomic E-state index is 11.0. The Labute approximate surface area is 105 Å². The van der Waals surface area contributed by atoms with Crippen LogP contribution in [0.4, 0.5) is 0 Å². The minimum atomic E-state index is 0.674. The number of hydrogen-bond donors (Lipinski definition) is 1. The Kier molecular flexibility index (Phi) is 3.45. The minimum Gasteiger partial charge on any atom is -0.360 e. The van der Waals surface area contributed by atoms with E-state index in [1.54, 1.807) is 6.20 Å². The largest absolute Gasteiger partial charge is 0.360 e. The van der Waals surface area contributed by atoms with Crippen molar-refractivity contribution in [2.45, 2.75) is 6.92 Å². The molecule has 1 aromatic carbocycles. The Bertz CT molecular complexity index is 608. The fourth-order valence-electron chi connectivity index (χ4n) is 1.73. The van der Waals surface area contributed by atoms with Crippen LogP contribution >= 0.6 is 11.6 Å². The smallest absolute Gasteiger partial charge is 0.152 e. The predicted octanol–water partition coefficient (Wildman–Crippen LogP) is 4.14. The molecule has 2 nitrogen and oxygen atoms in total. The van der Waals surface area contributed by atoms with Gasteiger partial charge in [-0.05, 0) is 24.1 Å². The van der Waals surface area contributed by atoms with Crippen LogP contribution in [-0.2, 0) is 0 Å². The third-order valence-electron chi connectivity index (χ3n) is 2.59. The van der Waals surface area contributed by atoms with Crippen molar-refractivity contribution < 1.29 is 4.79 Å². The molecule has 0 radical (unpaired) electrons. The summed E-state index contributed by atoms with van der Waals surface area (Å²) in [6.07, 6.45) is 6.46. The molecule has 0 saturated heterocycles. The van der Waals surface area contributed by atoms with Crippen molar-refractivity contribution >= 4 is 34.9 Å². The third-order valence-corrected chi connectivity index (χ3v) is 2.94. The monoisotopic (exact) mass is 245 g/mol. The average molecular weight is 246 g/mol. The van der Waals surface area contributed by atoms with E-state index in [0.29, 0.717) is 5.56 Å². The summed E-state index contributed by atoms with van der Waals surface area (Å²) in [5.41, 5.74) is 5.12. The van der Waals surface area contributed by atoms with E-state index in [-0.39, 0.29) is 0 Å². The molecule has 0 aliphatic carbocycles. The molecule has 0 spiro atoms. The first kappa shape index (κ1) is 11.7. The summed E-state index contributed by atoms with van der Waals surface area (Å²) >= 11 is 5.60. The number of nitrogens with one attached hydrogen (secondary N) is 1. The zero-order valence-electron chi connectivity index (χ0n) is 9.41. The SMILES string of the molecule is CC(/C=C/c1cccc2[nH]cc(C=O)c12)=C\Cl. The highest BCUT2D eigenvalue weighted by Gasteiger charge is 2.05. The van der Waals surface area contributed by atoms with Gasteiger partial charge in [-0.1, -0.05) is 35.9 Å². The Morgan fingerprint density at radius 3 is 2.88 bits per heavy atom. The van der Waals surface area contributed by atoms with Crippen LogP contribution in [-0.4, -0.2) is 11.3 Å². The van der Waals surface area contributed by atoms with Gasteiger partial charge in [-0.25, -0.2) is 0 Å². The highest BCUT2D eigenvalue weighted by Crippen LogP contribution is 2.23. The topological polar surface area (TPSA) is 32.9 Å². The van der Waals surface area contributed by atoms with Crippen LogP contribution in [0.5, 0.6) is 0 Å². The van der Waals surface area contributed by atoms with Crippen molar-refractivity contribution in [1.82, 2.24) is 4.98 Å². The fourth-order valence-corrected chi connectivity index (χ4v) is 1.80. The summed E-state index contributed by atoms with van der Waals surface area (Å²) in [6, 6.07) is 5.87. The van der Waals surface area contributed by atoms with Crippen LogP contribution in [0.3, 0.4) is 0 Å². The molecule has 17 heavy (non-hydrogen) atoms. The van der Waals surface area contributed by atoms with Gasteiger partial charge in [0.15, 0.2) is 6.29 Å². The molecule has 0 saturated carbocycles. The van der Waals surface area contributed by atoms with E-state index in [2.05, 4.69) is 4.98 Å². The quantitative estimate of drug-likeness (QED) is 0.640. The zero-order valence-corrected chi connectivity index (χ0v) is 10.2. The molecule has 2 rings (SSSR count). The Morgan fingerprint density at radius 2 is 2.18 bits per heavy atom. The fraction of sp³-hybridized carbons (Fsp3) is 0.0714. The second-order valence-corrected chi connectivity index (χ2v) is 4.04. The lowest BCUT2D eigenvalue weighted by Crippen LogP contribution is -1.80. The number of benzene rings is 1. The summed E-state index contributed by atoms with van der Waals surface area (Å²) in [6.45, 7) is 1.92. The second kappa shape index (κ2) is 5.02. The number of fused-ring (bicyclic) bond motifs is 1. The highest BCUT2D eigenvalue weighted by atomic mass is 35.5. The normalized spacial score (nSPS) is 12.5. The molecule has 1 heterocycles. The molecule has 0 fully saturated rings. The molecule has 0 unspecified atom stereocenters. The lowest BCUT2D eigenvalue weighted by molar-refractivity contribution is 0.112. The van der Waals surface area contributed by atoms with Gasteiger partial charge in [0, 0.05) is 28.2 Å². The van der Waals surface area contributed by atoms with Crippen LogP contribution in [0, 0.1) is 0 Å². The summed E-state index contributed by atoms with van der Waals surface area (Å²) < 4.78 is 0. The molecule has 0 aliphatic heterocycles. The van der Waals surface area contributed by atoms with Crippen molar-refractivity contribution in [3.63, 3.8) is 0 Å². The van der Waals surface area contributed by atoms with Crippen molar-refractivity contribution in [2.75, 3.05) is 0 Å². The summed E-state index contributed by atoms with van der Waals surface area (Å²) in [4.78, 5) is 14.0. The number of aromatic amines is 1. The first-order valence-corrected chi connectivity index (χ1v) is 5.70. The van der Waals surface area contributed by atoms with Gasteiger partial charge in [0.2, 0.25) is 0 Å². The summed E-state index contributed by atoms with van der Waals surface area (Å²) in [5, 5.41) is 0.945. The molecule has 0 amide bonds. The van der Waals surface area contributed by atoms with Gasteiger partial charge in [0.25, 0.3) is 0 Å². The molecule has 2 aromatic rings. The molecular formula is C14H12ClNO. The number of hydrogen-bond acceptors (Lipinski definition) is 1. The molecule has 0 aliphatic rings. The van der Waals surface area contributed by atoms with E-state index in [0.717, 1.165) is 28.3 Å². The number of rotatable bonds is 3. The van der Waals surface area contributed by atoms with Crippen molar-refractivity contribution in [3.05, 3.63) is 52.7 Å². The predicted molar refractivity (Wildman–Crippen MR) is 72.3 cm³/mol. The lowest BCUT2D eigenvalue weighted by Gasteiger charge is -1.98. The standard InChI is InChI=1S/C14H12ClNO/c1-10(7-15)5-6-11-3-2-4-13-14(11)12(9-17)8-16-13/h2-9,16H,1H3/b6-5+,10-7+. The minimum absolute atomic E-state index is 0.674. The molecule has 86 valence electrons. The van der Waals surface area contributed by atoms with Crippen LogP contribution in [0.25, 0.3) is 17.0 Å². The molecule has 0 bridgehead atoms. The van der Waals surface area contributed by atoms with Gasteiger partial charge in [-0.2, -0.15) is 0 Å². The first-order chi connectivity index (χ1) is 8.26. The van der Waals surface area contributed by atoms with Crippen molar-refractivity contribution in [3.8, 4) is 0 Å².